The Bertz CT molecular complexity index is 4010. The zero-order valence-corrected chi connectivity index (χ0v) is 37.5. The van der Waals surface area contributed by atoms with Crippen LogP contribution in [-0.2, 0) is 5.41 Å². The van der Waals surface area contributed by atoms with E-state index in [1.54, 1.807) is 0 Å². The molecule has 1 aliphatic carbocycles. The Morgan fingerprint density at radius 2 is 0.754 bits per heavy atom. The number of hydrogen-bond donors (Lipinski definition) is 0. The van der Waals surface area contributed by atoms with Crippen molar-refractivity contribution in [2.24, 2.45) is 0 Å². The highest BCUT2D eigenvalue weighted by atomic mass is 15.0. The van der Waals surface area contributed by atoms with Crippen molar-refractivity contribution in [1.29, 1.82) is 0 Å². The number of hydrogen-bond acceptors (Lipinski definition) is 2. The molecule has 0 unspecified atom stereocenters. The van der Waals surface area contributed by atoms with Gasteiger partial charge in [-0.25, -0.2) is 9.97 Å². The third kappa shape index (κ3) is 5.89. The minimum absolute atomic E-state index is 0.686. The van der Waals surface area contributed by atoms with Crippen LogP contribution in [0.15, 0.2) is 255 Å². The number of fused-ring (bicyclic) bond motifs is 10. The molecule has 10 aromatic carbocycles. The van der Waals surface area contributed by atoms with E-state index in [-0.39, 0.29) is 0 Å². The first-order chi connectivity index (χ1) is 34.2. The lowest BCUT2D eigenvalue weighted by Gasteiger charge is -2.34. The van der Waals surface area contributed by atoms with Gasteiger partial charge in [-0.1, -0.05) is 188 Å². The molecule has 0 atom stereocenters. The molecule has 1 aliphatic rings. The summed E-state index contributed by atoms with van der Waals surface area (Å²) < 4.78 is 4.88. The summed E-state index contributed by atoms with van der Waals surface area (Å²) in [6, 6.07) is 92.3. The van der Waals surface area contributed by atoms with Crippen molar-refractivity contribution < 1.29 is 0 Å². The summed E-state index contributed by atoms with van der Waals surface area (Å²) in [5, 5.41) is 4.92. The van der Waals surface area contributed by atoms with Crippen molar-refractivity contribution in [2.75, 3.05) is 0 Å². The fourth-order valence-corrected chi connectivity index (χ4v) is 11.5. The predicted octanol–water partition coefficient (Wildman–Crippen LogP) is 16.0. The maximum Gasteiger partial charge on any atom is 0.160 e. The summed E-state index contributed by atoms with van der Waals surface area (Å²) in [7, 11) is 0. The maximum absolute atomic E-state index is 5.32. The van der Waals surface area contributed by atoms with Gasteiger partial charge in [-0.05, 0) is 100 Å². The second-order valence-corrected chi connectivity index (χ2v) is 18.1. The van der Waals surface area contributed by atoms with Gasteiger partial charge >= 0.3 is 0 Å². The Labute approximate surface area is 399 Å². The monoisotopic (exact) mass is 878 g/mol. The third-order valence-electron chi connectivity index (χ3n) is 14.4. The van der Waals surface area contributed by atoms with Gasteiger partial charge in [-0.2, -0.15) is 0 Å². The molecule has 0 bridgehead atoms. The Hall–Kier alpha value is -9.12. The van der Waals surface area contributed by atoms with Crippen LogP contribution in [0.5, 0.6) is 0 Å². The molecular formula is C65H42N4. The average molecular weight is 879 g/mol. The van der Waals surface area contributed by atoms with Crippen LogP contribution in [0.2, 0.25) is 0 Å². The van der Waals surface area contributed by atoms with E-state index in [0.29, 0.717) is 5.82 Å². The molecular weight excluding hydrogens is 837 g/mol. The van der Waals surface area contributed by atoms with Crippen LogP contribution in [0.25, 0.3) is 100 Å². The number of nitrogens with zero attached hydrogens (tertiary/aromatic N) is 4. The summed E-state index contributed by atoms with van der Waals surface area (Å²) in [5.41, 5.74) is 18.5. The molecule has 0 fully saturated rings. The normalized spacial score (nSPS) is 12.8. The maximum atomic E-state index is 5.32. The Morgan fingerprint density at radius 1 is 0.304 bits per heavy atom. The lowest BCUT2D eigenvalue weighted by Crippen LogP contribution is -2.28. The molecule has 69 heavy (non-hydrogen) atoms. The quantitative estimate of drug-likeness (QED) is 0.160. The number of para-hydroxylation sites is 3. The Kier molecular flexibility index (Phi) is 8.77. The van der Waals surface area contributed by atoms with Gasteiger partial charge in [0, 0.05) is 49.6 Å². The Balaban J connectivity index is 1.08. The van der Waals surface area contributed by atoms with Crippen LogP contribution < -0.4 is 0 Å². The molecule has 3 heterocycles. The molecule has 0 spiro atoms. The smallest absolute Gasteiger partial charge is 0.160 e. The topological polar surface area (TPSA) is 35.6 Å². The zero-order valence-electron chi connectivity index (χ0n) is 37.5. The van der Waals surface area contributed by atoms with Gasteiger partial charge in [0.25, 0.3) is 0 Å². The van der Waals surface area contributed by atoms with E-state index < -0.39 is 5.41 Å². The number of rotatable bonds is 7. The first kappa shape index (κ1) is 39.1. The molecule has 4 nitrogen and oxygen atoms in total. The van der Waals surface area contributed by atoms with E-state index in [0.717, 1.165) is 50.5 Å². The van der Waals surface area contributed by atoms with Gasteiger partial charge in [0.15, 0.2) is 5.82 Å². The summed E-state index contributed by atoms with van der Waals surface area (Å²) >= 11 is 0. The van der Waals surface area contributed by atoms with E-state index in [1.165, 1.54) is 65.9 Å². The van der Waals surface area contributed by atoms with Gasteiger partial charge in [0.1, 0.15) is 0 Å². The minimum Gasteiger partial charge on any atom is -0.309 e. The van der Waals surface area contributed by atoms with Crippen LogP contribution in [0, 0.1) is 0 Å². The second-order valence-electron chi connectivity index (χ2n) is 18.1. The SMILES string of the molecule is c1ccc(-c2cc(-c3ccccc3)nc(-c3cccc(C4(c5ccc6c(c5)c5c7c8ccccc8n(-c8ccccc8)c7ccc5n6-c5ccccc5)c5ccccc5-c5ccccc54)c3)n2)cc1. The third-order valence-corrected chi connectivity index (χ3v) is 14.4. The van der Waals surface area contributed by atoms with Crippen molar-refractivity contribution in [1.82, 2.24) is 19.1 Å². The molecule has 0 saturated carbocycles. The Morgan fingerprint density at radius 3 is 1.35 bits per heavy atom. The molecule has 322 valence electrons. The highest BCUT2D eigenvalue weighted by molar-refractivity contribution is 6.29. The molecule has 13 aromatic rings. The average Bonchev–Trinajstić information content (AvgIpc) is 4.06. The summed E-state index contributed by atoms with van der Waals surface area (Å²) in [6.07, 6.45) is 0. The standard InChI is InChI=1S/C65H42N4/c1-5-20-43(21-6-1)56-42-57(44-22-7-2-8-23-44)67-64(66-56)45-24-19-25-46(40-45)65(54-33-16-13-30-50(54)51-31-14-17-34-55(51)65)47-36-37-59-53(41-47)63-61(69(59)49-28-11-4-12-29-49)39-38-60-62(63)52-32-15-18-35-58(52)68(60)48-26-9-3-10-27-48/h1-42H. The van der Waals surface area contributed by atoms with Crippen molar-refractivity contribution in [3.05, 3.63) is 277 Å². The summed E-state index contributed by atoms with van der Waals surface area (Å²) in [4.78, 5) is 10.6. The number of aromatic nitrogens is 4. The van der Waals surface area contributed by atoms with E-state index in [9.17, 15) is 0 Å². The van der Waals surface area contributed by atoms with Crippen LogP contribution in [0.1, 0.15) is 22.3 Å². The van der Waals surface area contributed by atoms with E-state index in [4.69, 9.17) is 9.97 Å². The van der Waals surface area contributed by atoms with Crippen molar-refractivity contribution in [2.45, 2.75) is 5.41 Å². The molecule has 3 aromatic heterocycles. The fraction of sp³-hybridized carbons (Fsp3) is 0.0154. The van der Waals surface area contributed by atoms with E-state index in [1.807, 2.05) is 12.1 Å². The van der Waals surface area contributed by atoms with Gasteiger partial charge in [0.2, 0.25) is 0 Å². The minimum atomic E-state index is -0.691. The van der Waals surface area contributed by atoms with Crippen LogP contribution in [-0.4, -0.2) is 19.1 Å². The molecule has 0 aliphatic heterocycles. The molecule has 0 amide bonds. The largest absolute Gasteiger partial charge is 0.309 e. The summed E-state index contributed by atoms with van der Waals surface area (Å²) in [6.45, 7) is 0. The van der Waals surface area contributed by atoms with Crippen LogP contribution in [0.4, 0.5) is 0 Å². The molecule has 0 radical (unpaired) electrons. The molecule has 14 rings (SSSR count). The number of benzene rings is 10. The predicted molar refractivity (Wildman–Crippen MR) is 284 cm³/mol. The van der Waals surface area contributed by atoms with Crippen LogP contribution >= 0.6 is 0 Å². The van der Waals surface area contributed by atoms with Gasteiger partial charge < -0.3 is 9.13 Å². The molecule has 0 saturated heterocycles. The van der Waals surface area contributed by atoms with E-state index >= 15 is 0 Å². The van der Waals surface area contributed by atoms with Crippen molar-refractivity contribution in [3.8, 4) is 56.4 Å². The van der Waals surface area contributed by atoms with Gasteiger partial charge in [-0.15, -0.1) is 0 Å². The van der Waals surface area contributed by atoms with Crippen LogP contribution in [0.3, 0.4) is 0 Å². The fourth-order valence-electron chi connectivity index (χ4n) is 11.5. The second kappa shape index (κ2) is 15.5. The lowest BCUT2D eigenvalue weighted by atomic mass is 9.67. The molecule has 4 heteroatoms. The van der Waals surface area contributed by atoms with Crippen molar-refractivity contribution in [3.63, 3.8) is 0 Å². The van der Waals surface area contributed by atoms with Gasteiger partial charge in [0.05, 0.1) is 38.9 Å². The zero-order chi connectivity index (χ0) is 45.5. The van der Waals surface area contributed by atoms with Crippen molar-refractivity contribution >= 4 is 43.6 Å². The highest BCUT2D eigenvalue weighted by Gasteiger charge is 2.46. The highest BCUT2D eigenvalue weighted by Crippen LogP contribution is 2.57. The lowest BCUT2D eigenvalue weighted by molar-refractivity contribution is 0.770. The summed E-state index contributed by atoms with van der Waals surface area (Å²) in [5.74, 6) is 0.686. The van der Waals surface area contributed by atoms with E-state index in [2.05, 4.69) is 252 Å². The first-order valence-corrected chi connectivity index (χ1v) is 23.7. The first-order valence-electron chi connectivity index (χ1n) is 23.7. The van der Waals surface area contributed by atoms with Gasteiger partial charge in [-0.3, -0.25) is 0 Å². The molecule has 0 N–H and O–H groups in total.